The fourth-order valence-corrected chi connectivity index (χ4v) is 2.97. The molecule has 1 amide bonds. The van der Waals surface area contributed by atoms with Crippen molar-refractivity contribution in [1.82, 2.24) is 24.6 Å². The highest BCUT2D eigenvalue weighted by Crippen LogP contribution is 2.23. The first-order valence-corrected chi connectivity index (χ1v) is 8.35. The van der Waals surface area contributed by atoms with E-state index in [-0.39, 0.29) is 11.8 Å². The quantitative estimate of drug-likeness (QED) is 0.816. The van der Waals surface area contributed by atoms with E-state index in [0.29, 0.717) is 30.6 Å². The third-order valence-electron chi connectivity index (χ3n) is 4.23. The van der Waals surface area contributed by atoms with Gasteiger partial charge in [-0.15, -0.1) is 5.10 Å². The molecule has 1 saturated heterocycles. The number of rotatable bonds is 5. The van der Waals surface area contributed by atoms with Crippen LogP contribution in [0.4, 0.5) is 0 Å². The van der Waals surface area contributed by atoms with Crippen LogP contribution in [0.5, 0.6) is 11.9 Å². The summed E-state index contributed by atoms with van der Waals surface area (Å²) in [6.07, 6.45) is 7.11. The average molecular weight is 345 g/mol. The Kier molecular flexibility index (Phi) is 5.16. The van der Waals surface area contributed by atoms with Gasteiger partial charge in [0.1, 0.15) is 5.56 Å². The minimum Gasteiger partial charge on any atom is -0.479 e. The van der Waals surface area contributed by atoms with Crippen LogP contribution in [0, 0.1) is 12.8 Å². The molecule has 2 aromatic rings. The maximum atomic E-state index is 12.8. The van der Waals surface area contributed by atoms with Crippen molar-refractivity contribution in [3.05, 3.63) is 29.7 Å². The van der Waals surface area contributed by atoms with Gasteiger partial charge in [0.2, 0.25) is 5.88 Å². The fourth-order valence-electron chi connectivity index (χ4n) is 2.97. The molecule has 1 aliphatic heterocycles. The highest BCUT2D eigenvalue weighted by molar-refractivity contribution is 5.96. The first-order valence-electron chi connectivity index (χ1n) is 8.35. The second-order valence-electron chi connectivity index (χ2n) is 6.34. The number of amides is 1. The summed E-state index contributed by atoms with van der Waals surface area (Å²) in [5.74, 6) is 0.561. The number of ether oxygens (including phenoxy) is 2. The summed E-state index contributed by atoms with van der Waals surface area (Å²) in [7, 11) is 3.29. The molecule has 0 aromatic carbocycles. The van der Waals surface area contributed by atoms with Crippen LogP contribution in [0.15, 0.2) is 18.6 Å². The molecule has 8 heteroatoms. The number of hydrogen-bond acceptors (Lipinski definition) is 6. The largest absolute Gasteiger partial charge is 0.479 e. The van der Waals surface area contributed by atoms with E-state index >= 15 is 0 Å². The Balaban J connectivity index is 1.60. The smallest absolute Gasteiger partial charge is 0.316 e. The molecule has 1 unspecified atom stereocenters. The van der Waals surface area contributed by atoms with Gasteiger partial charge in [-0.05, 0) is 25.3 Å². The Morgan fingerprint density at radius 1 is 1.36 bits per heavy atom. The first-order chi connectivity index (χ1) is 12.1. The van der Waals surface area contributed by atoms with Gasteiger partial charge in [0.25, 0.3) is 5.91 Å². The van der Waals surface area contributed by atoms with Gasteiger partial charge in [-0.1, -0.05) is 0 Å². The van der Waals surface area contributed by atoms with Gasteiger partial charge in [-0.3, -0.25) is 9.48 Å². The molecule has 0 saturated carbocycles. The molecule has 0 spiro atoms. The molecule has 0 bridgehead atoms. The molecule has 134 valence electrons. The highest BCUT2D eigenvalue weighted by atomic mass is 16.5. The second-order valence-corrected chi connectivity index (χ2v) is 6.34. The Morgan fingerprint density at radius 3 is 2.84 bits per heavy atom. The van der Waals surface area contributed by atoms with Crippen molar-refractivity contribution in [3.8, 4) is 11.9 Å². The lowest BCUT2D eigenvalue weighted by molar-refractivity contribution is 0.0625. The predicted molar refractivity (Wildman–Crippen MR) is 90.7 cm³/mol. The molecule has 3 heterocycles. The van der Waals surface area contributed by atoms with Crippen molar-refractivity contribution < 1.29 is 14.3 Å². The number of carbonyl (C=O) groups is 1. The van der Waals surface area contributed by atoms with Gasteiger partial charge < -0.3 is 14.4 Å². The molecule has 1 fully saturated rings. The lowest BCUT2D eigenvalue weighted by atomic mass is 9.98. The van der Waals surface area contributed by atoms with Crippen LogP contribution in [-0.2, 0) is 7.05 Å². The second kappa shape index (κ2) is 7.50. The van der Waals surface area contributed by atoms with Crippen molar-refractivity contribution in [3.63, 3.8) is 0 Å². The van der Waals surface area contributed by atoms with Gasteiger partial charge in [0, 0.05) is 44.6 Å². The zero-order valence-corrected chi connectivity index (χ0v) is 14.8. The Labute approximate surface area is 146 Å². The van der Waals surface area contributed by atoms with Crippen LogP contribution in [0.2, 0.25) is 0 Å². The molecule has 25 heavy (non-hydrogen) atoms. The zero-order chi connectivity index (χ0) is 17.8. The van der Waals surface area contributed by atoms with Crippen LogP contribution in [-0.4, -0.2) is 57.4 Å². The molecular formula is C17H23N5O3. The molecular weight excluding hydrogens is 322 g/mol. The summed E-state index contributed by atoms with van der Waals surface area (Å²) in [5, 5.41) is 4.15. The van der Waals surface area contributed by atoms with Crippen LogP contribution >= 0.6 is 0 Å². The number of aryl methyl sites for hydroxylation is 2. The molecule has 1 atom stereocenters. The monoisotopic (exact) mass is 345 g/mol. The van der Waals surface area contributed by atoms with E-state index in [2.05, 4.69) is 15.1 Å². The maximum absolute atomic E-state index is 12.8. The van der Waals surface area contributed by atoms with Crippen molar-refractivity contribution in [2.75, 3.05) is 26.8 Å². The van der Waals surface area contributed by atoms with E-state index < -0.39 is 0 Å². The molecule has 0 radical (unpaired) electrons. The van der Waals surface area contributed by atoms with E-state index in [0.717, 1.165) is 24.9 Å². The topological polar surface area (TPSA) is 82.4 Å². The summed E-state index contributed by atoms with van der Waals surface area (Å²) in [4.78, 5) is 22.9. The number of piperidine rings is 1. The third kappa shape index (κ3) is 4.07. The average Bonchev–Trinajstić information content (AvgIpc) is 3.02. The first kappa shape index (κ1) is 17.2. The standard InChI is InChI=1S/C17H23N5O3/c1-12-7-18-17(19-8-12)25-11-13-5-4-6-22(9-13)16(23)14-10-21(2)20-15(14)24-3/h7-8,10,13H,4-6,9,11H2,1-3H3. The summed E-state index contributed by atoms with van der Waals surface area (Å²) >= 11 is 0. The van der Waals surface area contributed by atoms with E-state index in [1.165, 1.54) is 7.11 Å². The van der Waals surface area contributed by atoms with Gasteiger partial charge in [-0.25, -0.2) is 9.97 Å². The lowest BCUT2D eigenvalue weighted by Crippen LogP contribution is -2.41. The maximum Gasteiger partial charge on any atom is 0.316 e. The molecule has 0 N–H and O–H groups in total. The molecule has 8 nitrogen and oxygen atoms in total. The van der Waals surface area contributed by atoms with Gasteiger partial charge in [0.05, 0.1) is 13.7 Å². The predicted octanol–water partition coefficient (Wildman–Crippen LogP) is 1.46. The summed E-state index contributed by atoms with van der Waals surface area (Å²) < 4.78 is 12.5. The van der Waals surface area contributed by atoms with Crippen LogP contribution in [0.3, 0.4) is 0 Å². The van der Waals surface area contributed by atoms with Crippen molar-refractivity contribution in [2.24, 2.45) is 13.0 Å². The third-order valence-corrected chi connectivity index (χ3v) is 4.23. The van der Waals surface area contributed by atoms with Crippen molar-refractivity contribution in [1.29, 1.82) is 0 Å². The van der Waals surface area contributed by atoms with E-state index in [1.807, 2.05) is 11.8 Å². The number of likely N-dealkylation sites (tertiary alicyclic amines) is 1. The van der Waals surface area contributed by atoms with Gasteiger partial charge >= 0.3 is 6.01 Å². The fraction of sp³-hybridized carbons (Fsp3) is 0.529. The minimum absolute atomic E-state index is 0.0544. The van der Waals surface area contributed by atoms with E-state index in [1.54, 1.807) is 30.3 Å². The minimum atomic E-state index is -0.0544. The number of hydrogen-bond donors (Lipinski definition) is 0. The Morgan fingerprint density at radius 2 is 2.12 bits per heavy atom. The summed E-state index contributed by atoms with van der Waals surface area (Å²) in [6, 6.07) is 0.378. The Bertz CT molecular complexity index is 728. The molecule has 3 rings (SSSR count). The van der Waals surface area contributed by atoms with Crippen LogP contribution < -0.4 is 9.47 Å². The van der Waals surface area contributed by atoms with Crippen LogP contribution in [0.1, 0.15) is 28.8 Å². The van der Waals surface area contributed by atoms with Crippen LogP contribution in [0.25, 0.3) is 0 Å². The Hall–Kier alpha value is -2.64. The summed E-state index contributed by atoms with van der Waals surface area (Å²) in [5.41, 5.74) is 1.49. The highest BCUT2D eigenvalue weighted by Gasteiger charge is 2.28. The SMILES string of the molecule is COc1nn(C)cc1C(=O)N1CCCC(COc2ncc(C)cn2)C1. The van der Waals surface area contributed by atoms with E-state index in [4.69, 9.17) is 9.47 Å². The van der Waals surface area contributed by atoms with Crippen molar-refractivity contribution in [2.45, 2.75) is 19.8 Å². The molecule has 0 aliphatic carbocycles. The number of nitrogens with zero attached hydrogens (tertiary/aromatic N) is 5. The number of carbonyl (C=O) groups excluding carboxylic acids is 1. The van der Waals surface area contributed by atoms with Gasteiger partial charge in [0.15, 0.2) is 0 Å². The zero-order valence-electron chi connectivity index (χ0n) is 14.8. The van der Waals surface area contributed by atoms with Gasteiger partial charge in [-0.2, -0.15) is 0 Å². The number of methoxy groups -OCH3 is 1. The summed E-state index contributed by atoms with van der Waals surface area (Å²) in [6.45, 7) is 3.80. The van der Waals surface area contributed by atoms with E-state index in [9.17, 15) is 4.79 Å². The lowest BCUT2D eigenvalue weighted by Gasteiger charge is -2.32. The number of aromatic nitrogens is 4. The normalized spacial score (nSPS) is 17.4. The molecule has 2 aromatic heterocycles. The van der Waals surface area contributed by atoms with Crippen molar-refractivity contribution >= 4 is 5.91 Å². The molecule has 1 aliphatic rings.